The largest absolute Gasteiger partial charge is 0.376 e. The van der Waals surface area contributed by atoms with Crippen molar-refractivity contribution in [2.45, 2.75) is 71.1 Å². The van der Waals surface area contributed by atoms with E-state index in [1.807, 2.05) is 0 Å². The number of guanidine groups is 1. The summed E-state index contributed by atoms with van der Waals surface area (Å²) in [6.45, 7) is 15.0. The first kappa shape index (κ1) is 23.9. The molecule has 154 valence electrons. The van der Waals surface area contributed by atoms with Crippen molar-refractivity contribution in [3.63, 3.8) is 0 Å². The fourth-order valence-corrected chi connectivity index (χ4v) is 3.27. The molecule has 0 spiro atoms. The summed E-state index contributed by atoms with van der Waals surface area (Å²) in [6, 6.07) is 0. The molecule has 2 saturated heterocycles. The molecule has 1 unspecified atom stereocenters. The molecule has 7 heteroatoms. The summed E-state index contributed by atoms with van der Waals surface area (Å²) in [5, 5.41) is 6.92. The Morgan fingerprint density at radius 3 is 2.54 bits per heavy atom. The normalized spacial score (nSPS) is 22.4. The van der Waals surface area contributed by atoms with E-state index < -0.39 is 0 Å². The lowest BCUT2D eigenvalue weighted by Gasteiger charge is -2.34. The summed E-state index contributed by atoms with van der Waals surface area (Å²) in [7, 11) is 0. The number of likely N-dealkylation sites (tertiary alicyclic amines) is 1. The van der Waals surface area contributed by atoms with Crippen molar-refractivity contribution in [2.24, 2.45) is 4.99 Å². The maximum Gasteiger partial charge on any atom is 0.193 e. The van der Waals surface area contributed by atoms with Crippen LogP contribution in [0.4, 0.5) is 0 Å². The van der Waals surface area contributed by atoms with Crippen LogP contribution in [0, 0.1) is 0 Å². The molecule has 6 nitrogen and oxygen atoms in total. The van der Waals surface area contributed by atoms with Crippen LogP contribution in [0.2, 0.25) is 0 Å². The summed E-state index contributed by atoms with van der Waals surface area (Å²) in [6.07, 6.45) is 5.16. The third-order valence-corrected chi connectivity index (χ3v) is 4.65. The van der Waals surface area contributed by atoms with Crippen LogP contribution in [0.3, 0.4) is 0 Å². The van der Waals surface area contributed by atoms with Gasteiger partial charge >= 0.3 is 0 Å². The van der Waals surface area contributed by atoms with E-state index in [4.69, 9.17) is 14.5 Å². The van der Waals surface area contributed by atoms with Crippen molar-refractivity contribution >= 4 is 29.9 Å². The second-order valence-electron chi connectivity index (χ2n) is 8.07. The molecule has 1 atom stereocenters. The molecule has 0 aromatic heterocycles. The molecule has 0 bridgehead atoms. The highest BCUT2D eigenvalue weighted by atomic mass is 127. The Labute approximate surface area is 176 Å². The number of aliphatic imine (C=N–C) groups is 1. The van der Waals surface area contributed by atoms with Gasteiger partial charge in [0.1, 0.15) is 0 Å². The van der Waals surface area contributed by atoms with Gasteiger partial charge in [-0.1, -0.05) is 0 Å². The minimum atomic E-state index is 0. The van der Waals surface area contributed by atoms with E-state index in [1.54, 1.807) is 0 Å². The second-order valence-corrected chi connectivity index (χ2v) is 8.07. The van der Waals surface area contributed by atoms with Gasteiger partial charge in [-0.25, -0.2) is 0 Å². The molecule has 26 heavy (non-hydrogen) atoms. The predicted molar refractivity (Wildman–Crippen MR) is 119 cm³/mol. The van der Waals surface area contributed by atoms with Crippen LogP contribution in [0.15, 0.2) is 4.99 Å². The molecule has 0 radical (unpaired) electrons. The van der Waals surface area contributed by atoms with E-state index in [1.165, 1.54) is 6.42 Å². The zero-order valence-electron chi connectivity index (χ0n) is 17.1. The first-order valence-electron chi connectivity index (χ1n) is 9.99. The molecule has 0 saturated carbocycles. The van der Waals surface area contributed by atoms with E-state index >= 15 is 0 Å². The molecule has 2 heterocycles. The van der Waals surface area contributed by atoms with Gasteiger partial charge in [-0.05, 0) is 53.4 Å². The van der Waals surface area contributed by atoms with Crippen molar-refractivity contribution in [2.75, 3.05) is 45.9 Å². The molecule has 2 N–H and O–H groups in total. The van der Waals surface area contributed by atoms with Gasteiger partial charge in [0.2, 0.25) is 0 Å². The third kappa shape index (κ3) is 9.19. The molecule has 0 aliphatic carbocycles. The number of hydrogen-bond acceptors (Lipinski definition) is 4. The van der Waals surface area contributed by atoms with E-state index in [0.29, 0.717) is 12.2 Å². The van der Waals surface area contributed by atoms with Crippen molar-refractivity contribution in [1.82, 2.24) is 15.5 Å². The van der Waals surface area contributed by atoms with Crippen LogP contribution in [0.1, 0.15) is 53.4 Å². The van der Waals surface area contributed by atoms with Crippen LogP contribution in [-0.2, 0) is 9.47 Å². The highest BCUT2D eigenvalue weighted by Crippen LogP contribution is 2.17. The van der Waals surface area contributed by atoms with Gasteiger partial charge in [0.15, 0.2) is 5.96 Å². The van der Waals surface area contributed by atoms with Gasteiger partial charge in [-0.15, -0.1) is 24.0 Å². The van der Waals surface area contributed by atoms with Crippen LogP contribution in [-0.4, -0.2) is 74.5 Å². The van der Waals surface area contributed by atoms with E-state index in [0.717, 1.165) is 71.2 Å². The zero-order chi connectivity index (χ0) is 18.1. The second kappa shape index (κ2) is 12.4. The number of halogens is 1. The molecule has 2 fully saturated rings. The number of ether oxygens (including phenoxy) is 2. The molecule has 0 aromatic carbocycles. The lowest BCUT2D eigenvalue weighted by Crippen LogP contribution is -2.47. The number of hydrogen-bond donors (Lipinski definition) is 2. The first-order chi connectivity index (χ1) is 12.0. The van der Waals surface area contributed by atoms with Crippen molar-refractivity contribution in [3.05, 3.63) is 0 Å². The molecular weight excluding hydrogens is 443 g/mol. The van der Waals surface area contributed by atoms with Gasteiger partial charge in [0.25, 0.3) is 0 Å². The third-order valence-electron chi connectivity index (χ3n) is 4.65. The van der Waals surface area contributed by atoms with Crippen LogP contribution in [0.25, 0.3) is 0 Å². The molecule has 2 rings (SSSR count). The van der Waals surface area contributed by atoms with Crippen molar-refractivity contribution in [1.29, 1.82) is 0 Å². The first-order valence-corrected chi connectivity index (χ1v) is 9.99. The van der Waals surface area contributed by atoms with Crippen molar-refractivity contribution in [3.8, 4) is 0 Å². The highest BCUT2D eigenvalue weighted by Gasteiger charge is 2.24. The summed E-state index contributed by atoms with van der Waals surface area (Å²) < 4.78 is 11.7. The quantitative estimate of drug-likeness (QED) is 0.253. The standard InChI is InChI=1S/C19H38N4O2.HI/c1-5-20-18(21-10-11-22-19(2,3)4)23-12-8-16(9-13-23)25-15-17-7-6-14-24-17;/h16-17,22H,5-15H2,1-4H3,(H,20,21);1H. The smallest absolute Gasteiger partial charge is 0.193 e. The van der Waals surface area contributed by atoms with E-state index in [2.05, 4.69) is 43.2 Å². The average molecular weight is 482 g/mol. The highest BCUT2D eigenvalue weighted by molar-refractivity contribution is 14.0. The Morgan fingerprint density at radius 2 is 1.96 bits per heavy atom. The topological polar surface area (TPSA) is 58.1 Å². The Bertz CT molecular complexity index is 401. The Morgan fingerprint density at radius 1 is 1.23 bits per heavy atom. The molecule has 2 aliphatic heterocycles. The monoisotopic (exact) mass is 482 g/mol. The Kier molecular flexibility index (Phi) is 11.4. The van der Waals surface area contributed by atoms with Gasteiger partial charge < -0.3 is 25.0 Å². The molecular formula is C19H39IN4O2. The number of piperidine rings is 1. The van der Waals surface area contributed by atoms with Crippen LogP contribution >= 0.6 is 24.0 Å². The number of rotatable bonds is 7. The van der Waals surface area contributed by atoms with Gasteiger partial charge in [-0.3, -0.25) is 4.99 Å². The molecule has 0 amide bonds. The Hall–Kier alpha value is -0.120. The Balaban J connectivity index is 0.00000338. The van der Waals surface area contributed by atoms with Crippen LogP contribution in [0.5, 0.6) is 0 Å². The average Bonchev–Trinajstić information content (AvgIpc) is 3.09. The van der Waals surface area contributed by atoms with Gasteiger partial charge in [0, 0.05) is 38.3 Å². The minimum absolute atomic E-state index is 0. The predicted octanol–water partition coefficient (Wildman–Crippen LogP) is 2.62. The van der Waals surface area contributed by atoms with Gasteiger partial charge in [-0.2, -0.15) is 0 Å². The van der Waals surface area contributed by atoms with Crippen LogP contribution < -0.4 is 10.6 Å². The summed E-state index contributed by atoms with van der Waals surface area (Å²) in [5.74, 6) is 1.04. The van der Waals surface area contributed by atoms with E-state index in [-0.39, 0.29) is 29.5 Å². The zero-order valence-corrected chi connectivity index (χ0v) is 19.4. The summed E-state index contributed by atoms with van der Waals surface area (Å²) >= 11 is 0. The van der Waals surface area contributed by atoms with E-state index in [9.17, 15) is 0 Å². The summed E-state index contributed by atoms with van der Waals surface area (Å²) in [5.41, 5.74) is 0.145. The van der Waals surface area contributed by atoms with Gasteiger partial charge in [0.05, 0.1) is 25.4 Å². The lowest BCUT2D eigenvalue weighted by atomic mass is 10.1. The minimum Gasteiger partial charge on any atom is -0.376 e. The fourth-order valence-electron chi connectivity index (χ4n) is 3.27. The SMILES string of the molecule is CCNC(=NCCNC(C)(C)C)N1CCC(OCC2CCCO2)CC1.I. The fraction of sp³-hybridized carbons (Fsp3) is 0.947. The summed E-state index contributed by atoms with van der Waals surface area (Å²) in [4.78, 5) is 7.15. The van der Waals surface area contributed by atoms with Crippen molar-refractivity contribution < 1.29 is 9.47 Å². The molecule has 0 aromatic rings. The number of nitrogens with zero attached hydrogens (tertiary/aromatic N) is 2. The maximum absolute atomic E-state index is 6.07. The number of nitrogens with one attached hydrogen (secondary N) is 2. The lowest BCUT2D eigenvalue weighted by molar-refractivity contribution is -0.0367. The maximum atomic E-state index is 6.07. The molecule has 2 aliphatic rings.